The minimum absolute atomic E-state index is 0.234. The van der Waals surface area contributed by atoms with Gasteiger partial charge in [-0.1, -0.05) is 37.6 Å². The van der Waals surface area contributed by atoms with Gasteiger partial charge in [-0.05, 0) is 61.7 Å². The first-order valence-corrected chi connectivity index (χ1v) is 12.6. The van der Waals surface area contributed by atoms with Gasteiger partial charge in [0.05, 0.1) is 16.6 Å². The minimum Gasteiger partial charge on any atom is -0.478 e. The number of carboxylic acids is 1. The summed E-state index contributed by atoms with van der Waals surface area (Å²) in [4.78, 5) is 23.8. The molecule has 2 N–H and O–H groups in total. The average Bonchev–Trinajstić information content (AvgIpc) is 3.51. The van der Waals surface area contributed by atoms with Crippen LogP contribution < -0.4 is 5.32 Å². The monoisotopic (exact) mass is 471 g/mol. The molecule has 35 heavy (non-hydrogen) atoms. The average molecular weight is 472 g/mol. The number of carboxylic acid groups (broad SMARTS) is 1. The van der Waals surface area contributed by atoms with Crippen LogP contribution in [0, 0.1) is 0 Å². The van der Waals surface area contributed by atoms with Gasteiger partial charge in [0.2, 0.25) is 0 Å². The molecule has 0 unspecified atom stereocenters. The van der Waals surface area contributed by atoms with E-state index in [4.69, 9.17) is 9.97 Å². The maximum absolute atomic E-state index is 11.6. The molecule has 2 aromatic heterocycles. The highest BCUT2D eigenvalue weighted by atomic mass is 16.4. The number of imidazole rings is 1. The number of unbranched alkanes of at least 4 members (excludes halogenated alkanes) is 1. The van der Waals surface area contributed by atoms with Crippen LogP contribution in [0.25, 0.3) is 21.9 Å². The van der Waals surface area contributed by atoms with E-state index < -0.39 is 5.97 Å². The number of carbonyl (C=O) groups is 1. The van der Waals surface area contributed by atoms with E-state index in [2.05, 4.69) is 46.0 Å². The number of anilines is 1. The van der Waals surface area contributed by atoms with Gasteiger partial charge in [0.15, 0.2) is 5.82 Å². The third kappa shape index (κ3) is 4.73. The molecule has 1 aliphatic rings. The smallest absolute Gasteiger partial charge is 0.335 e. The zero-order valence-electron chi connectivity index (χ0n) is 20.5. The molecule has 0 aliphatic carbocycles. The van der Waals surface area contributed by atoms with Crippen LogP contribution in [-0.2, 0) is 19.5 Å². The number of aromatic carboxylic acids is 1. The predicted octanol–water partition coefficient (Wildman–Crippen LogP) is 5.31. The number of hydrogen-bond acceptors (Lipinski definition) is 5. The van der Waals surface area contributed by atoms with E-state index in [1.54, 1.807) is 12.1 Å². The van der Waals surface area contributed by atoms with Crippen molar-refractivity contribution in [1.29, 1.82) is 0 Å². The molecule has 1 saturated heterocycles. The van der Waals surface area contributed by atoms with Crippen LogP contribution in [0.5, 0.6) is 0 Å². The van der Waals surface area contributed by atoms with Crippen LogP contribution in [0.3, 0.4) is 0 Å². The Bertz CT molecular complexity index is 1350. The fraction of sp³-hybridized carbons (Fsp3) is 0.393. The Morgan fingerprint density at radius 3 is 2.40 bits per heavy atom. The normalized spacial score (nSPS) is 14.2. The number of fused-ring (bicyclic) bond motifs is 3. The summed E-state index contributed by atoms with van der Waals surface area (Å²) in [5.41, 5.74) is 5.31. The second-order valence-electron chi connectivity index (χ2n) is 9.46. The lowest BCUT2D eigenvalue weighted by Gasteiger charge is -2.15. The molecule has 0 radical (unpaired) electrons. The first kappa shape index (κ1) is 23.3. The van der Waals surface area contributed by atoms with Crippen molar-refractivity contribution >= 4 is 33.7 Å². The SMILES string of the molecule is CCCCc1nc2c(NC)nc3cc(C(=O)O)ccc3c2n1Cc1ccc(CN2CCCC2)cc1. The summed E-state index contributed by atoms with van der Waals surface area (Å²) in [7, 11) is 1.83. The van der Waals surface area contributed by atoms with Gasteiger partial charge in [-0.3, -0.25) is 4.90 Å². The van der Waals surface area contributed by atoms with Crippen molar-refractivity contribution in [3.8, 4) is 0 Å². The van der Waals surface area contributed by atoms with Crippen molar-refractivity contribution in [2.75, 3.05) is 25.5 Å². The summed E-state index contributed by atoms with van der Waals surface area (Å²) in [6.45, 7) is 6.31. The molecule has 4 aromatic rings. The van der Waals surface area contributed by atoms with Crippen LogP contribution in [-0.4, -0.2) is 50.6 Å². The maximum Gasteiger partial charge on any atom is 0.335 e. The molecule has 1 aliphatic heterocycles. The zero-order chi connectivity index (χ0) is 24.4. The van der Waals surface area contributed by atoms with Crippen LogP contribution >= 0.6 is 0 Å². The Labute approximate surface area is 205 Å². The Hall–Kier alpha value is -3.45. The highest BCUT2D eigenvalue weighted by Crippen LogP contribution is 2.32. The van der Waals surface area contributed by atoms with Crippen molar-refractivity contribution in [3.05, 3.63) is 65.0 Å². The first-order chi connectivity index (χ1) is 17.1. The third-order valence-corrected chi connectivity index (χ3v) is 6.96. The van der Waals surface area contributed by atoms with Crippen molar-refractivity contribution < 1.29 is 9.90 Å². The lowest BCUT2D eigenvalue weighted by Crippen LogP contribution is -2.18. The van der Waals surface area contributed by atoms with E-state index in [0.29, 0.717) is 17.9 Å². The van der Waals surface area contributed by atoms with Crippen LogP contribution in [0.4, 0.5) is 5.82 Å². The fourth-order valence-corrected chi connectivity index (χ4v) is 5.07. The van der Waals surface area contributed by atoms with E-state index in [1.165, 1.54) is 37.1 Å². The number of aromatic nitrogens is 3. The summed E-state index contributed by atoms with van der Waals surface area (Å²) < 4.78 is 2.30. The molecule has 0 atom stereocenters. The topological polar surface area (TPSA) is 83.3 Å². The van der Waals surface area contributed by atoms with Gasteiger partial charge in [0.25, 0.3) is 0 Å². The zero-order valence-corrected chi connectivity index (χ0v) is 20.5. The highest BCUT2D eigenvalue weighted by Gasteiger charge is 2.19. The minimum atomic E-state index is -0.953. The van der Waals surface area contributed by atoms with Gasteiger partial charge < -0.3 is 15.0 Å². The number of aryl methyl sites for hydroxylation is 1. The molecule has 0 spiro atoms. The van der Waals surface area contributed by atoms with E-state index in [9.17, 15) is 9.90 Å². The van der Waals surface area contributed by atoms with E-state index in [1.807, 2.05) is 13.1 Å². The number of nitrogens with zero attached hydrogens (tertiary/aromatic N) is 4. The largest absolute Gasteiger partial charge is 0.478 e. The number of rotatable bonds is 9. The molecule has 182 valence electrons. The number of hydrogen-bond donors (Lipinski definition) is 2. The Balaban J connectivity index is 1.58. The third-order valence-electron chi connectivity index (χ3n) is 6.96. The summed E-state index contributed by atoms with van der Waals surface area (Å²) >= 11 is 0. The molecule has 0 amide bonds. The highest BCUT2D eigenvalue weighted by molar-refractivity contribution is 6.08. The van der Waals surface area contributed by atoms with Gasteiger partial charge >= 0.3 is 5.97 Å². The van der Waals surface area contributed by atoms with E-state index in [-0.39, 0.29) is 5.56 Å². The molecule has 1 fully saturated rings. The molecule has 0 saturated carbocycles. The molecule has 3 heterocycles. The van der Waals surface area contributed by atoms with Crippen molar-refractivity contribution in [1.82, 2.24) is 19.4 Å². The lowest BCUT2D eigenvalue weighted by atomic mass is 10.1. The molecular weight excluding hydrogens is 438 g/mol. The number of benzene rings is 2. The first-order valence-electron chi connectivity index (χ1n) is 12.6. The molecule has 5 rings (SSSR count). The van der Waals surface area contributed by atoms with E-state index >= 15 is 0 Å². The van der Waals surface area contributed by atoms with Crippen LogP contribution in [0.2, 0.25) is 0 Å². The summed E-state index contributed by atoms with van der Waals surface area (Å²) in [6, 6.07) is 14.1. The van der Waals surface area contributed by atoms with Crippen molar-refractivity contribution in [3.63, 3.8) is 0 Å². The standard InChI is InChI=1S/C28H33N5O2/c1-3-4-7-24-31-25-26(22-13-12-21(28(34)35)16-23(22)30-27(25)29-2)33(24)18-20-10-8-19(9-11-20)17-32-14-5-6-15-32/h8-13,16H,3-7,14-15,17-18H2,1-2H3,(H,29,30)(H,34,35). The molecule has 7 nitrogen and oxygen atoms in total. The quantitative estimate of drug-likeness (QED) is 0.344. The molecule has 2 aromatic carbocycles. The molecular formula is C28H33N5O2. The maximum atomic E-state index is 11.6. The van der Waals surface area contributed by atoms with Gasteiger partial charge in [0, 0.05) is 31.9 Å². The summed E-state index contributed by atoms with van der Waals surface area (Å²) in [5.74, 6) is 0.759. The van der Waals surface area contributed by atoms with Gasteiger partial charge in [0.1, 0.15) is 11.3 Å². The van der Waals surface area contributed by atoms with Gasteiger partial charge in [-0.15, -0.1) is 0 Å². The summed E-state index contributed by atoms with van der Waals surface area (Å²) in [5, 5.41) is 13.6. The van der Waals surface area contributed by atoms with E-state index in [0.717, 1.165) is 48.1 Å². The van der Waals surface area contributed by atoms with Gasteiger partial charge in [-0.2, -0.15) is 0 Å². The predicted molar refractivity (Wildman–Crippen MR) is 140 cm³/mol. The van der Waals surface area contributed by atoms with Gasteiger partial charge in [-0.25, -0.2) is 14.8 Å². The Morgan fingerprint density at radius 1 is 1.03 bits per heavy atom. The number of nitrogens with one attached hydrogen (secondary N) is 1. The lowest BCUT2D eigenvalue weighted by molar-refractivity contribution is 0.0697. The van der Waals surface area contributed by atoms with Crippen LogP contribution in [0.1, 0.15) is 59.9 Å². The second-order valence-corrected chi connectivity index (χ2v) is 9.46. The Morgan fingerprint density at radius 2 is 1.74 bits per heavy atom. The van der Waals surface area contributed by atoms with Crippen molar-refractivity contribution in [2.45, 2.75) is 52.1 Å². The fourth-order valence-electron chi connectivity index (χ4n) is 5.07. The molecule has 7 heteroatoms. The number of pyridine rings is 1. The number of likely N-dealkylation sites (tertiary alicyclic amines) is 1. The van der Waals surface area contributed by atoms with Crippen molar-refractivity contribution in [2.24, 2.45) is 0 Å². The molecule has 0 bridgehead atoms. The van der Waals surface area contributed by atoms with Crippen LogP contribution in [0.15, 0.2) is 42.5 Å². The second kappa shape index (κ2) is 10.0. The Kier molecular flexibility index (Phi) is 6.68. The summed E-state index contributed by atoms with van der Waals surface area (Å²) in [6.07, 6.45) is 5.64.